The molecule has 1 aliphatic heterocycles. The zero-order valence-corrected chi connectivity index (χ0v) is 20.0. The molecule has 1 rings (SSSR count). The van der Waals surface area contributed by atoms with E-state index in [1.807, 2.05) is 39.6 Å². The Morgan fingerprint density at radius 2 is 1.87 bits per heavy atom. The molecule has 0 aromatic heterocycles. The highest BCUT2D eigenvalue weighted by Gasteiger charge is 2.27. The first-order valence-electron chi connectivity index (χ1n) is 11.3. The van der Waals surface area contributed by atoms with E-state index < -0.39 is 5.60 Å². The van der Waals surface area contributed by atoms with Crippen LogP contribution in [0.4, 0.5) is 4.79 Å². The predicted molar refractivity (Wildman–Crippen MR) is 121 cm³/mol. The number of nitrogens with zero attached hydrogens (tertiary/aromatic N) is 3. The second kappa shape index (κ2) is 14.5. The van der Waals surface area contributed by atoms with E-state index in [2.05, 4.69) is 15.2 Å². The van der Waals surface area contributed by atoms with Crippen LogP contribution in [0.3, 0.4) is 0 Å². The number of likely N-dealkylation sites (tertiary alicyclic amines) is 1. The number of unbranched alkanes of at least 4 members (excludes halogenated alkanes) is 1. The molecule has 0 aromatic rings. The van der Waals surface area contributed by atoms with Crippen LogP contribution >= 0.6 is 0 Å². The second-order valence-corrected chi connectivity index (χ2v) is 8.74. The minimum absolute atomic E-state index is 0.212. The van der Waals surface area contributed by atoms with E-state index in [0.717, 1.165) is 64.4 Å². The Morgan fingerprint density at radius 3 is 2.43 bits per heavy atom. The lowest BCUT2D eigenvalue weighted by atomic mass is 9.96. The monoisotopic (exact) mass is 428 g/mol. The van der Waals surface area contributed by atoms with Crippen LogP contribution in [-0.2, 0) is 14.2 Å². The van der Waals surface area contributed by atoms with Crippen molar-refractivity contribution < 1.29 is 19.0 Å². The van der Waals surface area contributed by atoms with Gasteiger partial charge in [-0.2, -0.15) is 0 Å². The number of methoxy groups -OCH3 is 1. The van der Waals surface area contributed by atoms with Gasteiger partial charge in [-0.3, -0.25) is 4.99 Å². The molecule has 1 aliphatic rings. The first-order chi connectivity index (χ1) is 14.3. The van der Waals surface area contributed by atoms with E-state index in [4.69, 9.17) is 14.2 Å². The van der Waals surface area contributed by atoms with Crippen molar-refractivity contribution in [2.24, 2.45) is 10.9 Å². The summed E-state index contributed by atoms with van der Waals surface area (Å²) in [6.45, 7) is 14.0. The molecular weight excluding hydrogens is 384 g/mol. The van der Waals surface area contributed by atoms with Gasteiger partial charge in [0, 0.05) is 53.5 Å². The molecule has 8 heteroatoms. The lowest BCUT2D eigenvalue weighted by molar-refractivity contribution is 0.0214. The smallest absolute Gasteiger partial charge is 0.410 e. The molecule has 1 heterocycles. The molecule has 176 valence electrons. The minimum Gasteiger partial charge on any atom is -0.444 e. The number of carbonyl (C=O) groups is 1. The van der Waals surface area contributed by atoms with E-state index in [-0.39, 0.29) is 6.09 Å². The number of ether oxygens (including phenoxy) is 3. The van der Waals surface area contributed by atoms with Crippen LogP contribution in [0.2, 0.25) is 0 Å². The number of carbonyl (C=O) groups excluding carboxylic acids is 1. The van der Waals surface area contributed by atoms with Crippen LogP contribution in [0.1, 0.15) is 53.4 Å². The zero-order valence-electron chi connectivity index (χ0n) is 20.0. The van der Waals surface area contributed by atoms with Crippen LogP contribution in [-0.4, -0.2) is 94.2 Å². The van der Waals surface area contributed by atoms with Crippen molar-refractivity contribution in [3.8, 4) is 0 Å². The Bertz CT molecular complexity index is 500. The third-order valence-electron chi connectivity index (χ3n) is 5.07. The maximum absolute atomic E-state index is 12.4. The van der Waals surface area contributed by atoms with Gasteiger partial charge < -0.3 is 29.3 Å². The van der Waals surface area contributed by atoms with Gasteiger partial charge in [-0.25, -0.2) is 4.79 Å². The summed E-state index contributed by atoms with van der Waals surface area (Å²) in [5.74, 6) is 1.46. The first-order valence-corrected chi connectivity index (χ1v) is 11.3. The second-order valence-electron chi connectivity index (χ2n) is 8.74. The molecule has 0 unspecified atom stereocenters. The van der Waals surface area contributed by atoms with E-state index in [0.29, 0.717) is 25.7 Å². The van der Waals surface area contributed by atoms with Crippen molar-refractivity contribution in [2.75, 3.05) is 66.7 Å². The quantitative estimate of drug-likeness (QED) is 0.310. The van der Waals surface area contributed by atoms with E-state index in [9.17, 15) is 4.79 Å². The van der Waals surface area contributed by atoms with Crippen molar-refractivity contribution in [2.45, 2.75) is 59.0 Å². The van der Waals surface area contributed by atoms with Crippen LogP contribution in [0.15, 0.2) is 4.99 Å². The molecule has 1 amide bonds. The molecule has 0 atom stereocenters. The zero-order chi connectivity index (χ0) is 22.4. The Kier molecular flexibility index (Phi) is 12.8. The molecule has 1 saturated heterocycles. The Morgan fingerprint density at radius 1 is 1.17 bits per heavy atom. The Balaban J connectivity index is 2.30. The minimum atomic E-state index is -0.456. The number of hydrogen-bond donors (Lipinski definition) is 1. The van der Waals surface area contributed by atoms with Crippen LogP contribution in [0.5, 0.6) is 0 Å². The van der Waals surface area contributed by atoms with Gasteiger partial charge in [-0.15, -0.1) is 0 Å². The van der Waals surface area contributed by atoms with Crippen molar-refractivity contribution in [1.29, 1.82) is 0 Å². The number of amides is 1. The van der Waals surface area contributed by atoms with Crippen molar-refractivity contribution in [3.63, 3.8) is 0 Å². The largest absolute Gasteiger partial charge is 0.444 e. The molecule has 0 bridgehead atoms. The Labute approximate surface area is 183 Å². The van der Waals surface area contributed by atoms with Crippen molar-refractivity contribution in [3.05, 3.63) is 0 Å². The Hall–Kier alpha value is -1.54. The summed E-state index contributed by atoms with van der Waals surface area (Å²) in [7, 11) is 3.52. The van der Waals surface area contributed by atoms with Gasteiger partial charge in [0.2, 0.25) is 0 Å². The molecule has 1 fully saturated rings. The van der Waals surface area contributed by atoms with Gasteiger partial charge in [0.1, 0.15) is 5.60 Å². The fraction of sp³-hybridized carbons (Fsp3) is 0.909. The summed E-state index contributed by atoms with van der Waals surface area (Å²) in [5.41, 5.74) is -0.456. The topological polar surface area (TPSA) is 75.6 Å². The fourth-order valence-corrected chi connectivity index (χ4v) is 3.40. The summed E-state index contributed by atoms with van der Waals surface area (Å²) in [6, 6.07) is 0. The molecule has 0 spiro atoms. The number of rotatable bonds is 11. The van der Waals surface area contributed by atoms with Gasteiger partial charge in [0.25, 0.3) is 0 Å². The number of piperidine rings is 1. The molecule has 8 nitrogen and oxygen atoms in total. The highest BCUT2D eigenvalue weighted by molar-refractivity contribution is 5.79. The molecule has 0 saturated carbocycles. The highest BCUT2D eigenvalue weighted by Crippen LogP contribution is 2.20. The molecule has 30 heavy (non-hydrogen) atoms. The maximum Gasteiger partial charge on any atom is 0.410 e. The third-order valence-corrected chi connectivity index (χ3v) is 5.07. The summed E-state index contributed by atoms with van der Waals surface area (Å²) in [5, 5.41) is 3.46. The highest BCUT2D eigenvalue weighted by atomic mass is 16.6. The summed E-state index contributed by atoms with van der Waals surface area (Å²) < 4.78 is 16.0. The predicted octanol–water partition coefficient (Wildman–Crippen LogP) is 2.97. The standard InChI is InChI=1S/C22H44N4O4/c1-7-25(21(27)30-22(2,3)4)18-19-10-13-26(14-11-19)20(23-5)24-12-8-9-15-29-17-16-28-6/h19H,7-18H2,1-6H3,(H,23,24). The summed E-state index contributed by atoms with van der Waals surface area (Å²) in [6.07, 6.45) is 3.95. The number of hydrogen-bond acceptors (Lipinski definition) is 5. The van der Waals surface area contributed by atoms with E-state index in [1.54, 1.807) is 7.11 Å². The average Bonchev–Trinajstić information content (AvgIpc) is 2.70. The van der Waals surface area contributed by atoms with Gasteiger partial charge in [-0.1, -0.05) is 0 Å². The molecule has 0 aromatic carbocycles. The van der Waals surface area contributed by atoms with E-state index >= 15 is 0 Å². The van der Waals surface area contributed by atoms with Crippen LogP contribution < -0.4 is 5.32 Å². The van der Waals surface area contributed by atoms with Gasteiger partial charge in [-0.05, 0) is 59.3 Å². The molecule has 0 aliphatic carbocycles. The van der Waals surface area contributed by atoms with Crippen LogP contribution in [0.25, 0.3) is 0 Å². The number of aliphatic imine (C=N–C) groups is 1. The normalized spacial score (nSPS) is 15.9. The number of guanidine groups is 1. The van der Waals surface area contributed by atoms with Gasteiger partial charge in [0.05, 0.1) is 13.2 Å². The lowest BCUT2D eigenvalue weighted by Crippen LogP contribution is -2.48. The molecule has 1 N–H and O–H groups in total. The fourth-order valence-electron chi connectivity index (χ4n) is 3.40. The summed E-state index contributed by atoms with van der Waals surface area (Å²) >= 11 is 0. The van der Waals surface area contributed by atoms with Crippen molar-refractivity contribution in [1.82, 2.24) is 15.1 Å². The maximum atomic E-state index is 12.4. The molecule has 0 radical (unpaired) electrons. The SMILES string of the molecule is CCN(CC1CCN(C(=NC)NCCCCOCCOC)CC1)C(=O)OC(C)(C)C. The third kappa shape index (κ3) is 11.0. The average molecular weight is 429 g/mol. The lowest BCUT2D eigenvalue weighted by Gasteiger charge is -2.36. The van der Waals surface area contributed by atoms with Gasteiger partial charge in [0.15, 0.2) is 5.96 Å². The van der Waals surface area contributed by atoms with E-state index in [1.165, 1.54) is 0 Å². The van der Waals surface area contributed by atoms with Crippen LogP contribution in [0, 0.1) is 5.92 Å². The van der Waals surface area contributed by atoms with Crippen molar-refractivity contribution >= 4 is 12.1 Å². The first kappa shape index (κ1) is 26.5. The van der Waals surface area contributed by atoms with Gasteiger partial charge >= 0.3 is 6.09 Å². The molecular formula is C22H44N4O4. The summed E-state index contributed by atoms with van der Waals surface area (Å²) in [4.78, 5) is 21.0. The number of nitrogens with one attached hydrogen (secondary N) is 1.